The van der Waals surface area contributed by atoms with Gasteiger partial charge >= 0.3 is 6.18 Å². The number of fused-ring (bicyclic) bond motifs is 1. The first-order chi connectivity index (χ1) is 7.89. The fourth-order valence-corrected chi connectivity index (χ4v) is 1.74. The van der Waals surface area contributed by atoms with E-state index >= 15 is 0 Å². The van der Waals surface area contributed by atoms with Crippen LogP contribution >= 0.6 is 0 Å². The van der Waals surface area contributed by atoms with Gasteiger partial charge < -0.3 is 10.2 Å². The highest BCUT2D eigenvalue weighted by molar-refractivity contribution is 5.97. The third kappa shape index (κ3) is 2.20. The first kappa shape index (κ1) is 11.8. The van der Waals surface area contributed by atoms with E-state index in [9.17, 15) is 18.0 Å². The van der Waals surface area contributed by atoms with Crippen molar-refractivity contribution in [3.63, 3.8) is 0 Å². The van der Waals surface area contributed by atoms with E-state index in [1.54, 1.807) is 0 Å². The fraction of sp³-hybridized carbons (Fsp3) is 0.364. The minimum absolute atomic E-state index is 0.199. The van der Waals surface area contributed by atoms with E-state index in [0.717, 1.165) is 12.1 Å². The van der Waals surface area contributed by atoms with Gasteiger partial charge in [-0.05, 0) is 18.2 Å². The number of alkyl halides is 3. The Hall–Kier alpha value is -1.72. The number of hydrogen-bond donors (Lipinski definition) is 1. The van der Waals surface area contributed by atoms with Gasteiger partial charge in [-0.1, -0.05) is 0 Å². The highest BCUT2D eigenvalue weighted by Gasteiger charge is 2.32. The normalized spacial score (nSPS) is 16.2. The molecule has 0 spiro atoms. The maximum atomic E-state index is 12.6. The van der Waals surface area contributed by atoms with Gasteiger partial charge in [-0.15, -0.1) is 0 Å². The highest BCUT2D eigenvalue weighted by atomic mass is 19.4. The summed E-state index contributed by atoms with van der Waals surface area (Å²) < 4.78 is 37.7. The van der Waals surface area contributed by atoms with Crippen molar-refractivity contribution in [1.82, 2.24) is 0 Å². The molecule has 1 aliphatic rings. The second-order valence-electron chi connectivity index (χ2n) is 3.86. The molecule has 0 radical (unpaired) electrons. The fourth-order valence-electron chi connectivity index (χ4n) is 1.74. The Labute approximate surface area is 96.2 Å². The average molecular weight is 244 g/mol. The van der Waals surface area contributed by atoms with E-state index in [2.05, 4.69) is 5.32 Å². The number of carbonyl (C=O) groups excluding carboxylic acids is 1. The van der Waals surface area contributed by atoms with Crippen molar-refractivity contribution in [2.45, 2.75) is 12.6 Å². The van der Waals surface area contributed by atoms with Crippen LogP contribution in [0.2, 0.25) is 0 Å². The first-order valence-electron chi connectivity index (χ1n) is 5.11. The smallest absolute Gasteiger partial charge is 0.383 e. The zero-order valence-electron chi connectivity index (χ0n) is 9.14. The molecule has 1 heterocycles. The van der Waals surface area contributed by atoms with Crippen molar-refractivity contribution >= 4 is 17.3 Å². The van der Waals surface area contributed by atoms with Gasteiger partial charge in [0, 0.05) is 20.0 Å². The van der Waals surface area contributed by atoms with E-state index < -0.39 is 11.7 Å². The summed E-state index contributed by atoms with van der Waals surface area (Å²) in [6.07, 6.45) is -4.13. The summed E-state index contributed by atoms with van der Waals surface area (Å²) in [5.41, 5.74) is 0.0632. The molecule has 0 aliphatic carbocycles. The zero-order valence-corrected chi connectivity index (χ0v) is 9.14. The Kier molecular flexibility index (Phi) is 2.73. The molecule has 1 aromatic carbocycles. The molecular formula is C11H11F3N2O. The van der Waals surface area contributed by atoms with Crippen LogP contribution in [0, 0.1) is 0 Å². The lowest BCUT2D eigenvalue weighted by molar-refractivity contribution is -0.137. The molecule has 0 aromatic heterocycles. The maximum absolute atomic E-state index is 12.6. The number of nitrogens with one attached hydrogen (secondary N) is 1. The van der Waals surface area contributed by atoms with Crippen molar-refractivity contribution < 1.29 is 18.0 Å². The number of nitrogens with zero attached hydrogens (tertiary/aromatic N) is 1. The summed E-state index contributed by atoms with van der Waals surface area (Å²) in [5.74, 6) is -0.199. The first-order valence-corrected chi connectivity index (χ1v) is 5.11. The number of benzene rings is 1. The predicted molar refractivity (Wildman–Crippen MR) is 58.0 cm³/mol. The summed E-state index contributed by atoms with van der Waals surface area (Å²) in [4.78, 5) is 12.8. The lowest BCUT2D eigenvalue weighted by atomic mass is 10.1. The lowest BCUT2D eigenvalue weighted by Crippen LogP contribution is -2.25. The second kappa shape index (κ2) is 3.94. The van der Waals surface area contributed by atoms with E-state index in [1.165, 1.54) is 18.0 Å². The summed E-state index contributed by atoms with van der Waals surface area (Å²) in [6, 6.07) is 3.36. The van der Waals surface area contributed by atoms with Gasteiger partial charge in [-0.2, -0.15) is 13.2 Å². The van der Waals surface area contributed by atoms with Crippen LogP contribution in [0.4, 0.5) is 24.5 Å². The van der Waals surface area contributed by atoms with Gasteiger partial charge in [0.1, 0.15) is 0 Å². The van der Waals surface area contributed by atoms with Gasteiger partial charge in [-0.25, -0.2) is 0 Å². The van der Waals surface area contributed by atoms with Crippen molar-refractivity contribution in [1.29, 1.82) is 0 Å². The summed E-state index contributed by atoms with van der Waals surface area (Å²) in [7, 11) is 1.48. The standard InChI is InChI=1S/C11H11F3N2O/c1-16-9-6-7(11(12,13)14)2-3-8(9)15-5-4-10(16)17/h2-3,6,15H,4-5H2,1H3. The molecule has 0 atom stereocenters. The lowest BCUT2D eigenvalue weighted by Gasteiger charge is -2.18. The molecule has 1 N–H and O–H groups in total. The van der Waals surface area contributed by atoms with Gasteiger partial charge in [-0.3, -0.25) is 4.79 Å². The van der Waals surface area contributed by atoms with E-state index in [1.807, 2.05) is 0 Å². The van der Waals surface area contributed by atoms with Gasteiger partial charge in [0.25, 0.3) is 0 Å². The SMILES string of the molecule is CN1C(=O)CCNc2ccc(C(F)(F)F)cc21. The number of amides is 1. The van der Waals surface area contributed by atoms with Crippen LogP contribution in [-0.2, 0) is 11.0 Å². The monoisotopic (exact) mass is 244 g/mol. The third-order valence-corrected chi connectivity index (χ3v) is 2.71. The van der Waals surface area contributed by atoms with E-state index in [0.29, 0.717) is 12.2 Å². The minimum Gasteiger partial charge on any atom is -0.383 e. The van der Waals surface area contributed by atoms with Crippen LogP contribution in [0.25, 0.3) is 0 Å². The zero-order chi connectivity index (χ0) is 12.6. The number of hydrogen-bond acceptors (Lipinski definition) is 2. The van der Waals surface area contributed by atoms with Crippen LogP contribution in [0.3, 0.4) is 0 Å². The maximum Gasteiger partial charge on any atom is 0.416 e. The van der Waals surface area contributed by atoms with Crippen molar-refractivity contribution in [2.24, 2.45) is 0 Å². The Bertz CT molecular complexity index is 457. The Morgan fingerprint density at radius 2 is 2.06 bits per heavy atom. The second-order valence-corrected chi connectivity index (χ2v) is 3.86. The molecule has 92 valence electrons. The van der Waals surface area contributed by atoms with Crippen LogP contribution in [0.15, 0.2) is 18.2 Å². The van der Waals surface area contributed by atoms with Crippen molar-refractivity contribution in [3.8, 4) is 0 Å². The number of carbonyl (C=O) groups is 1. The molecule has 0 saturated carbocycles. The molecule has 17 heavy (non-hydrogen) atoms. The van der Waals surface area contributed by atoms with E-state index in [4.69, 9.17) is 0 Å². The Morgan fingerprint density at radius 1 is 1.35 bits per heavy atom. The molecule has 0 fully saturated rings. The summed E-state index contributed by atoms with van der Waals surface area (Å²) in [5, 5.41) is 2.93. The predicted octanol–water partition coefficient (Wildman–Crippen LogP) is 2.48. The molecule has 1 amide bonds. The summed E-state index contributed by atoms with van der Waals surface area (Å²) >= 11 is 0. The molecule has 1 aromatic rings. The number of halogens is 3. The molecule has 1 aliphatic heterocycles. The molecule has 0 bridgehead atoms. The Balaban J connectivity index is 2.49. The van der Waals surface area contributed by atoms with Crippen molar-refractivity contribution in [2.75, 3.05) is 23.8 Å². The van der Waals surface area contributed by atoms with Crippen molar-refractivity contribution in [3.05, 3.63) is 23.8 Å². The largest absolute Gasteiger partial charge is 0.416 e. The molecule has 6 heteroatoms. The van der Waals surface area contributed by atoms with Crippen LogP contribution < -0.4 is 10.2 Å². The van der Waals surface area contributed by atoms with E-state index in [-0.39, 0.29) is 18.0 Å². The topological polar surface area (TPSA) is 32.3 Å². The highest BCUT2D eigenvalue weighted by Crippen LogP contribution is 2.36. The van der Waals surface area contributed by atoms with Gasteiger partial charge in [0.2, 0.25) is 5.91 Å². The molecular weight excluding hydrogens is 233 g/mol. The number of rotatable bonds is 0. The molecule has 0 saturated heterocycles. The van der Waals surface area contributed by atoms with Gasteiger partial charge in [0.05, 0.1) is 16.9 Å². The van der Waals surface area contributed by atoms with Gasteiger partial charge in [0.15, 0.2) is 0 Å². The quantitative estimate of drug-likeness (QED) is 0.760. The van der Waals surface area contributed by atoms with Crippen LogP contribution in [0.5, 0.6) is 0 Å². The average Bonchev–Trinajstić information content (AvgIpc) is 2.39. The third-order valence-electron chi connectivity index (χ3n) is 2.71. The molecule has 3 nitrogen and oxygen atoms in total. The summed E-state index contributed by atoms with van der Waals surface area (Å²) in [6.45, 7) is 0.432. The van der Waals surface area contributed by atoms with Crippen LogP contribution in [-0.4, -0.2) is 19.5 Å². The Morgan fingerprint density at radius 3 is 2.71 bits per heavy atom. The van der Waals surface area contributed by atoms with Crippen LogP contribution in [0.1, 0.15) is 12.0 Å². The number of anilines is 2. The molecule has 0 unspecified atom stereocenters. The minimum atomic E-state index is -4.40. The molecule has 2 rings (SSSR count).